The van der Waals surface area contributed by atoms with Crippen molar-refractivity contribution in [2.75, 3.05) is 12.3 Å². The zero-order valence-electron chi connectivity index (χ0n) is 15.3. The van der Waals surface area contributed by atoms with Crippen LogP contribution >= 0.6 is 35.0 Å². The fourth-order valence-electron chi connectivity index (χ4n) is 3.81. The van der Waals surface area contributed by atoms with E-state index in [2.05, 4.69) is 0 Å². The van der Waals surface area contributed by atoms with Gasteiger partial charge in [-0.1, -0.05) is 59.2 Å². The minimum absolute atomic E-state index is 0.0223. The number of thioether (sulfide) groups is 1. The first-order valence-corrected chi connectivity index (χ1v) is 12.1. The Hall–Kier alpha value is -2.07. The number of fused-ring (bicyclic) bond motifs is 1. The number of nitrogens with zero attached hydrogens (tertiary/aromatic N) is 2. The third-order valence-electron chi connectivity index (χ3n) is 5.09. The molecule has 2 atom stereocenters. The molecule has 0 amide bonds. The number of sulfone groups is 1. The molecule has 30 heavy (non-hydrogen) atoms. The highest BCUT2D eigenvalue weighted by atomic mass is 35.5. The number of hydrogen-bond acceptors (Lipinski definition) is 6. The van der Waals surface area contributed by atoms with Gasteiger partial charge in [-0.25, -0.2) is 8.42 Å². The fraction of sp³-hybridized carbons (Fsp3) is 0.211. The lowest BCUT2D eigenvalue weighted by atomic mass is 9.89. The molecule has 2 aliphatic heterocycles. The predicted octanol–water partition coefficient (Wildman–Crippen LogP) is 4.40. The number of rotatable bonds is 4. The normalized spacial score (nSPS) is 21.7. The Bertz CT molecular complexity index is 1170. The molecule has 11 heteroatoms. The number of amidine groups is 1. The Morgan fingerprint density at radius 1 is 1.10 bits per heavy atom. The first kappa shape index (κ1) is 21.2. The lowest BCUT2D eigenvalue weighted by Crippen LogP contribution is -2.49. The van der Waals surface area contributed by atoms with Gasteiger partial charge in [0.25, 0.3) is 5.70 Å². The van der Waals surface area contributed by atoms with Gasteiger partial charge in [0.1, 0.15) is 17.0 Å². The number of nitrogens with one attached hydrogen (secondary N) is 1. The van der Waals surface area contributed by atoms with Crippen molar-refractivity contribution < 1.29 is 13.3 Å². The lowest BCUT2D eigenvalue weighted by molar-refractivity contribution is -0.431. The third kappa shape index (κ3) is 3.30. The maximum Gasteiger partial charge on any atom is 0.285 e. The van der Waals surface area contributed by atoms with Crippen LogP contribution < -0.4 is 0 Å². The van der Waals surface area contributed by atoms with Crippen LogP contribution in [0.4, 0.5) is 0 Å². The Labute approximate surface area is 187 Å². The Morgan fingerprint density at radius 3 is 2.33 bits per heavy atom. The SMILES string of the molecule is N=C1C(S(=O)(=O)c2ccccc2)C(c2c(Cl)cccc2Cl)C([N+](=O)[O-])=C2SCCN12. The van der Waals surface area contributed by atoms with Crippen molar-refractivity contribution in [3.8, 4) is 0 Å². The first-order valence-electron chi connectivity index (χ1n) is 8.85. The molecule has 2 aromatic carbocycles. The van der Waals surface area contributed by atoms with Crippen molar-refractivity contribution >= 4 is 50.6 Å². The molecule has 0 aliphatic carbocycles. The fourth-order valence-corrected chi connectivity index (χ4v) is 7.48. The standard InChI is InChI=1S/C19H15Cl2N3O4S2/c20-12-7-4-8-13(21)14(12)15-16(24(25)26)19-23(9-10-29-19)18(22)17(15)30(27,28)11-5-2-1-3-6-11/h1-8,15,17,22H,9-10H2. The second-order valence-electron chi connectivity index (χ2n) is 6.72. The van der Waals surface area contributed by atoms with Crippen molar-refractivity contribution in [1.29, 1.82) is 5.41 Å². The topological polar surface area (TPSA) is 104 Å². The summed E-state index contributed by atoms with van der Waals surface area (Å²) in [5, 5.41) is 19.9. The number of hydrogen-bond donors (Lipinski definition) is 1. The highest BCUT2D eigenvalue weighted by molar-refractivity contribution is 8.03. The predicted molar refractivity (Wildman–Crippen MR) is 118 cm³/mol. The molecule has 1 fully saturated rings. The maximum atomic E-state index is 13.7. The maximum absolute atomic E-state index is 13.7. The van der Waals surface area contributed by atoms with E-state index in [4.69, 9.17) is 28.6 Å². The smallest absolute Gasteiger partial charge is 0.285 e. The number of benzene rings is 2. The molecule has 0 radical (unpaired) electrons. The molecule has 0 saturated carbocycles. The molecular weight excluding hydrogens is 469 g/mol. The average Bonchev–Trinajstić information content (AvgIpc) is 3.18. The van der Waals surface area contributed by atoms with Crippen LogP contribution in [0.3, 0.4) is 0 Å². The van der Waals surface area contributed by atoms with Crippen LogP contribution in [0.15, 0.2) is 64.2 Å². The highest BCUT2D eigenvalue weighted by Crippen LogP contribution is 2.49. The number of allylic oxidation sites excluding steroid dienone is 1. The van der Waals surface area contributed by atoms with E-state index >= 15 is 0 Å². The van der Waals surface area contributed by atoms with Crippen LogP contribution in [0, 0.1) is 15.5 Å². The summed E-state index contributed by atoms with van der Waals surface area (Å²) in [6.45, 7) is 0.319. The van der Waals surface area contributed by atoms with E-state index < -0.39 is 25.9 Å². The van der Waals surface area contributed by atoms with E-state index in [0.29, 0.717) is 12.3 Å². The summed E-state index contributed by atoms with van der Waals surface area (Å²) in [6.07, 6.45) is 0. The first-order chi connectivity index (χ1) is 14.2. The minimum atomic E-state index is -4.18. The van der Waals surface area contributed by atoms with Gasteiger partial charge in [0.05, 0.1) is 9.82 Å². The zero-order valence-corrected chi connectivity index (χ0v) is 18.4. The van der Waals surface area contributed by atoms with Crippen molar-refractivity contribution in [3.05, 3.63) is 85.0 Å². The molecule has 0 spiro atoms. The molecule has 1 N–H and O–H groups in total. The quantitative estimate of drug-likeness (QED) is 0.510. The average molecular weight is 484 g/mol. The van der Waals surface area contributed by atoms with Crippen molar-refractivity contribution in [3.63, 3.8) is 0 Å². The van der Waals surface area contributed by atoms with E-state index in [-0.39, 0.29) is 37.1 Å². The Kier molecular flexibility index (Phi) is 5.56. The van der Waals surface area contributed by atoms with E-state index in [1.165, 1.54) is 40.9 Å². The molecule has 1 saturated heterocycles. The van der Waals surface area contributed by atoms with Gasteiger partial charge in [-0.2, -0.15) is 0 Å². The summed E-state index contributed by atoms with van der Waals surface area (Å²) in [7, 11) is -4.18. The van der Waals surface area contributed by atoms with Gasteiger partial charge in [0.2, 0.25) is 0 Å². The van der Waals surface area contributed by atoms with Crippen LogP contribution in [0.1, 0.15) is 11.5 Å². The van der Waals surface area contributed by atoms with Gasteiger partial charge in [0, 0.05) is 27.9 Å². The lowest BCUT2D eigenvalue weighted by Gasteiger charge is -2.36. The molecule has 2 heterocycles. The van der Waals surface area contributed by atoms with E-state index in [1.54, 1.807) is 24.3 Å². The van der Waals surface area contributed by atoms with Gasteiger partial charge in [-0.3, -0.25) is 15.5 Å². The second-order valence-corrected chi connectivity index (χ2v) is 10.7. The molecule has 0 bridgehead atoms. The van der Waals surface area contributed by atoms with Gasteiger partial charge < -0.3 is 4.90 Å². The highest BCUT2D eigenvalue weighted by Gasteiger charge is 2.55. The van der Waals surface area contributed by atoms with Crippen LogP contribution in [0.5, 0.6) is 0 Å². The van der Waals surface area contributed by atoms with Crippen molar-refractivity contribution in [2.45, 2.75) is 16.1 Å². The molecule has 4 rings (SSSR count). The summed E-state index contributed by atoms with van der Waals surface area (Å²) >= 11 is 14.0. The van der Waals surface area contributed by atoms with Crippen LogP contribution in [-0.4, -0.2) is 41.6 Å². The van der Waals surface area contributed by atoms with Gasteiger partial charge in [-0.05, 0) is 24.3 Å². The summed E-state index contributed by atoms with van der Waals surface area (Å²) in [5.41, 5.74) is -0.158. The van der Waals surface area contributed by atoms with Gasteiger partial charge in [-0.15, -0.1) is 0 Å². The van der Waals surface area contributed by atoms with E-state index in [0.717, 1.165) is 0 Å². The van der Waals surface area contributed by atoms with E-state index in [9.17, 15) is 18.5 Å². The molecular formula is C19H15Cl2N3O4S2. The number of halogens is 2. The van der Waals surface area contributed by atoms with E-state index in [1.807, 2.05) is 0 Å². The zero-order chi connectivity index (χ0) is 21.6. The summed E-state index contributed by atoms with van der Waals surface area (Å²) in [5.74, 6) is -1.03. The molecule has 2 aromatic rings. The van der Waals surface area contributed by atoms with Crippen molar-refractivity contribution in [2.24, 2.45) is 0 Å². The molecule has 7 nitrogen and oxygen atoms in total. The molecule has 0 aromatic heterocycles. The minimum Gasteiger partial charge on any atom is -0.318 e. The second kappa shape index (κ2) is 7.88. The van der Waals surface area contributed by atoms with Crippen LogP contribution in [-0.2, 0) is 9.84 Å². The molecule has 2 aliphatic rings. The Balaban J connectivity index is 2.05. The van der Waals surface area contributed by atoms with Gasteiger partial charge in [0.15, 0.2) is 14.9 Å². The molecule has 2 unspecified atom stereocenters. The largest absolute Gasteiger partial charge is 0.318 e. The summed E-state index contributed by atoms with van der Waals surface area (Å²) < 4.78 is 27.3. The van der Waals surface area contributed by atoms with Gasteiger partial charge >= 0.3 is 0 Å². The third-order valence-corrected chi connectivity index (χ3v) is 8.93. The molecule has 156 valence electrons. The monoisotopic (exact) mass is 483 g/mol. The summed E-state index contributed by atoms with van der Waals surface area (Å²) in [4.78, 5) is 13.0. The van der Waals surface area contributed by atoms with Crippen LogP contribution in [0.25, 0.3) is 0 Å². The summed E-state index contributed by atoms with van der Waals surface area (Å²) in [6, 6.07) is 12.2. The van der Waals surface area contributed by atoms with Crippen molar-refractivity contribution in [1.82, 2.24) is 4.90 Å². The number of nitro groups is 1. The Morgan fingerprint density at radius 2 is 1.73 bits per heavy atom. The van der Waals surface area contributed by atoms with Crippen LogP contribution in [0.2, 0.25) is 10.0 Å².